The van der Waals surface area contributed by atoms with E-state index in [0.29, 0.717) is 25.3 Å². The van der Waals surface area contributed by atoms with Crippen LogP contribution in [-0.2, 0) is 4.74 Å². The Morgan fingerprint density at radius 2 is 2.37 bits per heavy atom. The summed E-state index contributed by atoms with van der Waals surface area (Å²) in [6.07, 6.45) is 2.55. The lowest BCUT2D eigenvalue weighted by Gasteiger charge is -2.35. The molecular formula is C14H21N3O2. The van der Waals surface area contributed by atoms with E-state index >= 15 is 0 Å². The van der Waals surface area contributed by atoms with Crippen molar-refractivity contribution in [3.63, 3.8) is 0 Å². The monoisotopic (exact) mass is 263 g/mol. The van der Waals surface area contributed by atoms with Crippen LogP contribution in [0.2, 0.25) is 0 Å². The summed E-state index contributed by atoms with van der Waals surface area (Å²) in [5, 5.41) is 3.12. The van der Waals surface area contributed by atoms with E-state index in [1.54, 1.807) is 6.20 Å². The van der Waals surface area contributed by atoms with E-state index in [-0.39, 0.29) is 11.9 Å². The van der Waals surface area contributed by atoms with Gasteiger partial charge in [-0.1, -0.05) is 6.92 Å². The van der Waals surface area contributed by atoms with Gasteiger partial charge in [0.15, 0.2) is 0 Å². The van der Waals surface area contributed by atoms with Gasteiger partial charge in [0.25, 0.3) is 5.91 Å². The van der Waals surface area contributed by atoms with Crippen molar-refractivity contribution in [2.75, 3.05) is 31.6 Å². The molecule has 1 aliphatic heterocycles. The van der Waals surface area contributed by atoms with Gasteiger partial charge in [0.2, 0.25) is 0 Å². The quantitative estimate of drug-likeness (QED) is 0.899. The van der Waals surface area contributed by atoms with Gasteiger partial charge in [0.05, 0.1) is 24.8 Å². The molecule has 0 saturated carbocycles. The first-order chi connectivity index (χ1) is 9.26. The summed E-state index contributed by atoms with van der Waals surface area (Å²) in [6, 6.07) is 3.85. The molecule has 1 amide bonds. The molecule has 0 radical (unpaired) electrons. The van der Waals surface area contributed by atoms with E-state index < -0.39 is 0 Å². The summed E-state index contributed by atoms with van der Waals surface area (Å²) in [7, 11) is 0. The summed E-state index contributed by atoms with van der Waals surface area (Å²) in [5.41, 5.74) is 0.641. The second-order valence-electron chi connectivity index (χ2n) is 4.60. The number of pyridine rings is 1. The number of rotatable bonds is 4. The molecule has 0 aromatic carbocycles. The number of carbonyl (C=O) groups is 1. The highest BCUT2D eigenvalue weighted by atomic mass is 16.5. The molecule has 1 aromatic rings. The van der Waals surface area contributed by atoms with E-state index in [1.165, 1.54) is 0 Å². The van der Waals surface area contributed by atoms with E-state index in [2.05, 4.69) is 17.2 Å². The Morgan fingerprint density at radius 1 is 1.53 bits per heavy atom. The Bertz CT molecular complexity index is 419. The van der Waals surface area contributed by atoms with Gasteiger partial charge in [-0.2, -0.15) is 0 Å². The molecule has 1 aromatic heterocycles. The zero-order valence-corrected chi connectivity index (χ0v) is 11.6. The Morgan fingerprint density at radius 3 is 3.00 bits per heavy atom. The van der Waals surface area contributed by atoms with E-state index in [4.69, 9.17) is 4.74 Å². The van der Waals surface area contributed by atoms with Crippen LogP contribution in [0.3, 0.4) is 0 Å². The molecule has 19 heavy (non-hydrogen) atoms. The Kier molecular flexibility index (Phi) is 4.74. The van der Waals surface area contributed by atoms with Crippen LogP contribution in [-0.4, -0.2) is 48.1 Å². The van der Waals surface area contributed by atoms with Gasteiger partial charge in [-0.15, -0.1) is 0 Å². The third kappa shape index (κ3) is 3.23. The van der Waals surface area contributed by atoms with Crippen molar-refractivity contribution < 1.29 is 9.53 Å². The fraction of sp³-hybridized carbons (Fsp3) is 0.571. The fourth-order valence-corrected chi connectivity index (χ4v) is 2.23. The number of amides is 1. The third-order valence-corrected chi connectivity index (χ3v) is 3.33. The minimum absolute atomic E-state index is 0.0469. The van der Waals surface area contributed by atoms with Crippen LogP contribution in [0.5, 0.6) is 0 Å². The van der Waals surface area contributed by atoms with Gasteiger partial charge >= 0.3 is 0 Å². The van der Waals surface area contributed by atoms with Crippen LogP contribution in [0.25, 0.3) is 0 Å². The number of nitrogens with one attached hydrogen (secondary N) is 1. The zero-order valence-electron chi connectivity index (χ0n) is 11.6. The largest absolute Gasteiger partial charge is 0.377 e. The molecule has 2 rings (SSSR count). The van der Waals surface area contributed by atoms with E-state index in [0.717, 1.165) is 18.8 Å². The maximum absolute atomic E-state index is 12.4. The molecule has 2 heterocycles. The van der Waals surface area contributed by atoms with Gasteiger partial charge in [-0.25, -0.2) is 4.98 Å². The lowest BCUT2D eigenvalue weighted by molar-refractivity contribution is -0.00281. The van der Waals surface area contributed by atoms with Gasteiger partial charge in [0, 0.05) is 19.3 Å². The van der Waals surface area contributed by atoms with Gasteiger partial charge in [0.1, 0.15) is 5.82 Å². The normalized spacial score (nSPS) is 19.3. The minimum atomic E-state index is 0.0469. The van der Waals surface area contributed by atoms with Crippen molar-refractivity contribution in [2.24, 2.45) is 0 Å². The maximum atomic E-state index is 12.4. The summed E-state index contributed by atoms with van der Waals surface area (Å²) in [6.45, 7) is 6.82. The smallest absolute Gasteiger partial charge is 0.255 e. The average Bonchev–Trinajstić information content (AvgIpc) is 2.47. The standard InChI is InChI=1S/C14H21N3O2/c1-3-12-10-19-8-7-17(12)14(18)11-5-6-13(15-4-2)16-9-11/h5-6,9,12H,3-4,7-8,10H2,1-2H3,(H,15,16). The summed E-state index contributed by atoms with van der Waals surface area (Å²) in [5.74, 6) is 0.846. The summed E-state index contributed by atoms with van der Waals surface area (Å²) >= 11 is 0. The average molecular weight is 263 g/mol. The van der Waals surface area contributed by atoms with Crippen LogP contribution in [0.4, 0.5) is 5.82 Å². The molecule has 104 valence electrons. The van der Waals surface area contributed by atoms with Crippen molar-refractivity contribution in [3.8, 4) is 0 Å². The molecule has 1 fully saturated rings. The molecule has 1 saturated heterocycles. The van der Waals surface area contributed by atoms with E-state index in [1.807, 2.05) is 24.0 Å². The highest BCUT2D eigenvalue weighted by molar-refractivity contribution is 5.94. The number of nitrogens with zero attached hydrogens (tertiary/aromatic N) is 2. The van der Waals surface area contributed by atoms with Crippen molar-refractivity contribution >= 4 is 11.7 Å². The van der Waals surface area contributed by atoms with Crippen LogP contribution in [0, 0.1) is 0 Å². The SMILES string of the molecule is CCNc1ccc(C(=O)N2CCOCC2CC)cn1. The van der Waals surface area contributed by atoms with E-state index in [9.17, 15) is 4.79 Å². The molecule has 0 aliphatic carbocycles. The van der Waals surface area contributed by atoms with Crippen molar-refractivity contribution in [3.05, 3.63) is 23.9 Å². The first-order valence-electron chi connectivity index (χ1n) is 6.84. The van der Waals surface area contributed by atoms with Crippen molar-refractivity contribution in [1.29, 1.82) is 0 Å². The minimum Gasteiger partial charge on any atom is -0.377 e. The lowest BCUT2D eigenvalue weighted by Crippen LogP contribution is -2.48. The lowest BCUT2D eigenvalue weighted by atomic mass is 10.1. The zero-order chi connectivity index (χ0) is 13.7. The molecule has 5 nitrogen and oxygen atoms in total. The van der Waals surface area contributed by atoms with Crippen LogP contribution < -0.4 is 5.32 Å². The topological polar surface area (TPSA) is 54.5 Å². The molecule has 0 bridgehead atoms. The molecule has 1 N–H and O–H groups in total. The number of aromatic nitrogens is 1. The second-order valence-corrected chi connectivity index (χ2v) is 4.60. The number of hydrogen-bond donors (Lipinski definition) is 1. The molecule has 0 spiro atoms. The van der Waals surface area contributed by atoms with Crippen molar-refractivity contribution in [1.82, 2.24) is 9.88 Å². The van der Waals surface area contributed by atoms with Crippen LogP contribution in [0.1, 0.15) is 30.6 Å². The number of carbonyl (C=O) groups excluding carboxylic acids is 1. The predicted octanol–water partition coefficient (Wildman–Crippen LogP) is 1.76. The number of anilines is 1. The molecular weight excluding hydrogens is 242 g/mol. The molecule has 1 atom stereocenters. The highest BCUT2D eigenvalue weighted by Crippen LogP contribution is 2.15. The first kappa shape index (κ1) is 13.8. The number of hydrogen-bond acceptors (Lipinski definition) is 4. The van der Waals surface area contributed by atoms with Gasteiger partial charge < -0.3 is 15.0 Å². The Labute approximate surface area is 114 Å². The van der Waals surface area contributed by atoms with Crippen LogP contribution in [0.15, 0.2) is 18.3 Å². The van der Waals surface area contributed by atoms with Crippen LogP contribution >= 0.6 is 0 Å². The number of ether oxygens (including phenoxy) is 1. The molecule has 1 aliphatic rings. The highest BCUT2D eigenvalue weighted by Gasteiger charge is 2.26. The number of morpholine rings is 1. The van der Waals surface area contributed by atoms with Gasteiger partial charge in [-0.3, -0.25) is 4.79 Å². The second kappa shape index (κ2) is 6.52. The molecule has 1 unspecified atom stereocenters. The Balaban J connectivity index is 2.09. The Hall–Kier alpha value is -1.62. The maximum Gasteiger partial charge on any atom is 0.255 e. The first-order valence-corrected chi connectivity index (χ1v) is 6.84. The fourth-order valence-electron chi connectivity index (χ4n) is 2.23. The van der Waals surface area contributed by atoms with Gasteiger partial charge in [-0.05, 0) is 25.5 Å². The third-order valence-electron chi connectivity index (χ3n) is 3.33. The summed E-state index contributed by atoms with van der Waals surface area (Å²) < 4.78 is 5.42. The molecule has 5 heteroatoms. The summed E-state index contributed by atoms with van der Waals surface area (Å²) in [4.78, 5) is 18.6. The predicted molar refractivity (Wildman–Crippen MR) is 74.3 cm³/mol. The van der Waals surface area contributed by atoms with Crippen molar-refractivity contribution in [2.45, 2.75) is 26.3 Å².